The molecule has 0 unspecified atom stereocenters. The van der Waals surface area contributed by atoms with Gasteiger partial charge in [-0.25, -0.2) is 4.79 Å². The molecule has 0 saturated carbocycles. The van der Waals surface area contributed by atoms with E-state index in [2.05, 4.69) is 10.3 Å². The Bertz CT molecular complexity index is 1060. The summed E-state index contributed by atoms with van der Waals surface area (Å²) in [7, 11) is 0. The third-order valence-corrected chi connectivity index (χ3v) is 4.12. The Kier molecular flexibility index (Phi) is 5.30. The van der Waals surface area contributed by atoms with Gasteiger partial charge in [0.1, 0.15) is 5.56 Å². The van der Waals surface area contributed by atoms with Gasteiger partial charge in [0.15, 0.2) is 0 Å². The Balaban J connectivity index is 2.05. The van der Waals surface area contributed by atoms with E-state index in [1.54, 1.807) is 41.8 Å². The van der Waals surface area contributed by atoms with E-state index >= 15 is 0 Å². The van der Waals surface area contributed by atoms with Crippen molar-refractivity contribution in [2.45, 2.75) is 20.4 Å². The normalized spacial score (nSPS) is 10.6. The van der Waals surface area contributed by atoms with E-state index in [0.717, 1.165) is 0 Å². The van der Waals surface area contributed by atoms with Gasteiger partial charge in [0.2, 0.25) is 5.43 Å². The predicted molar refractivity (Wildman–Crippen MR) is 102 cm³/mol. The summed E-state index contributed by atoms with van der Waals surface area (Å²) in [6, 6.07) is 8.23. The summed E-state index contributed by atoms with van der Waals surface area (Å²) in [5.74, 6) is -0.966. The van der Waals surface area contributed by atoms with Gasteiger partial charge in [-0.2, -0.15) is 0 Å². The molecule has 0 atom stereocenters. The number of nitrogens with zero attached hydrogens (tertiary/aromatic N) is 2. The van der Waals surface area contributed by atoms with Crippen molar-refractivity contribution in [3.63, 3.8) is 0 Å². The Morgan fingerprint density at radius 1 is 1.15 bits per heavy atom. The average Bonchev–Trinajstić information content (AvgIpc) is 2.69. The highest BCUT2D eigenvalue weighted by molar-refractivity contribution is 6.05. The smallest absolute Gasteiger partial charge is 0.343 e. The van der Waals surface area contributed by atoms with Crippen LogP contribution in [0.2, 0.25) is 0 Å². The van der Waals surface area contributed by atoms with Gasteiger partial charge < -0.3 is 14.6 Å². The first-order valence-electron chi connectivity index (χ1n) is 8.60. The zero-order valence-electron chi connectivity index (χ0n) is 15.1. The van der Waals surface area contributed by atoms with E-state index in [0.29, 0.717) is 28.7 Å². The largest absolute Gasteiger partial charge is 0.462 e. The Hall–Kier alpha value is -3.48. The number of nitrogens with one attached hydrogen (secondary N) is 1. The van der Waals surface area contributed by atoms with Crippen LogP contribution in [0.1, 0.15) is 34.6 Å². The number of hydrogen-bond donors (Lipinski definition) is 1. The van der Waals surface area contributed by atoms with Crippen molar-refractivity contribution < 1.29 is 14.3 Å². The van der Waals surface area contributed by atoms with Crippen LogP contribution >= 0.6 is 0 Å². The first-order chi connectivity index (χ1) is 13.0. The second-order valence-corrected chi connectivity index (χ2v) is 5.80. The summed E-state index contributed by atoms with van der Waals surface area (Å²) in [5, 5.41) is 3.10. The monoisotopic (exact) mass is 365 g/mol. The summed E-state index contributed by atoms with van der Waals surface area (Å²) >= 11 is 0. The van der Waals surface area contributed by atoms with E-state index in [1.807, 2.05) is 6.92 Å². The molecule has 0 saturated heterocycles. The van der Waals surface area contributed by atoms with Crippen molar-refractivity contribution in [1.29, 1.82) is 0 Å². The highest BCUT2D eigenvalue weighted by atomic mass is 16.5. The standard InChI is InChI=1S/C20H19N3O4/c1-3-23-12-16(20(26)27-4-2)18(24)15-11-14(5-6-17(15)23)22-19(25)13-7-9-21-10-8-13/h5-12H,3-4H2,1-2H3,(H,22,25). The number of aryl methyl sites for hydroxylation is 1. The van der Waals surface area contributed by atoms with Crippen molar-refractivity contribution in [1.82, 2.24) is 9.55 Å². The van der Waals surface area contributed by atoms with Crippen molar-refractivity contribution in [2.75, 3.05) is 11.9 Å². The fraction of sp³-hybridized carbons (Fsp3) is 0.200. The lowest BCUT2D eigenvalue weighted by atomic mass is 10.1. The molecule has 0 radical (unpaired) electrons. The third kappa shape index (κ3) is 3.72. The van der Waals surface area contributed by atoms with Gasteiger partial charge in [0.25, 0.3) is 5.91 Å². The maximum Gasteiger partial charge on any atom is 0.343 e. The maximum atomic E-state index is 12.8. The molecule has 27 heavy (non-hydrogen) atoms. The minimum Gasteiger partial charge on any atom is -0.462 e. The fourth-order valence-corrected chi connectivity index (χ4v) is 2.80. The zero-order chi connectivity index (χ0) is 19.4. The fourth-order valence-electron chi connectivity index (χ4n) is 2.80. The number of esters is 1. The van der Waals surface area contributed by atoms with Crippen LogP contribution in [0.15, 0.2) is 53.7 Å². The van der Waals surface area contributed by atoms with E-state index in [9.17, 15) is 14.4 Å². The molecule has 0 fully saturated rings. The summed E-state index contributed by atoms with van der Waals surface area (Å²) in [6.07, 6.45) is 4.57. The highest BCUT2D eigenvalue weighted by Crippen LogP contribution is 2.19. The summed E-state index contributed by atoms with van der Waals surface area (Å²) in [4.78, 5) is 41.1. The quantitative estimate of drug-likeness (QED) is 0.702. The molecule has 0 spiro atoms. The lowest BCUT2D eigenvalue weighted by Gasteiger charge is -2.13. The Labute approximate surface area is 155 Å². The molecule has 0 aliphatic heterocycles. The molecule has 7 heteroatoms. The van der Waals surface area contributed by atoms with Crippen LogP contribution in [0.3, 0.4) is 0 Å². The predicted octanol–water partition coefficient (Wildman–Crippen LogP) is 2.85. The molecular formula is C20H19N3O4. The molecular weight excluding hydrogens is 346 g/mol. The van der Waals surface area contributed by atoms with Gasteiger partial charge in [-0.3, -0.25) is 14.6 Å². The molecule has 1 aromatic carbocycles. The number of hydrogen-bond acceptors (Lipinski definition) is 5. The number of benzene rings is 1. The molecule has 138 valence electrons. The van der Waals surface area contributed by atoms with Crippen LogP contribution in [-0.4, -0.2) is 28.0 Å². The number of ether oxygens (including phenoxy) is 1. The lowest BCUT2D eigenvalue weighted by Crippen LogP contribution is -2.21. The van der Waals surface area contributed by atoms with Gasteiger partial charge in [0, 0.05) is 41.8 Å². The van der Waals surface area contributed by atoms with Crippen LogP contribution in [0.25, 0.3) is 10.9 Å². The SMILES string of the molecule is CCOC(=O)c1cn(CC)c2ccc(NC(=O)c3ccncc3)cc2c1=O. The molecule has 7 nitrogen and oxygen atoms in total. The number of aromatic nitrogens is 2. The number of amides is 1. The summed E-state index contributed by atoms with van der Waals surface area (Å²) < 4.78 is 6.78. The minimum absolute atomic E-state index is 0.0242. The molecule has 2 heterocycles. The molecule has 0 aliphatic carbocycles. The molecule has 3 rings (SSSR count). The summed E-state index contributed by atoms with van der Waals surface area (Å²) in [6.45, 7) is 4.36. The maximum absolute atomic E-state index is 12.8. The van der Waals surface area contributed by atoms with E-state index in [1.165, 1.54) is 18.6 Å². The van der Waals surface area contributed by atoms with Gasteiger partial charge in [-0.1, -0.05) is 0 Å². The van der Waals surface area contributed by atoms with Crippen LogP contribution in [0.5, 0.6) is 0 Å². The van der Waals surface area contributed by atoms with Gasteiger partial charge >= 0.3 is 5.97 Å². The summed E-state index contributed by atoms with van der Waals surface area (Å²) in [5.41, 5.74) is 1.15. The zero-order valence-corrected chi connectivity index (χ0v) is 15.1. The second-order valence-electron chi connectivity index (χ2n) is 5.80. The molecule has 0 aliphatic rings. The molecule has 3 aromatic rings. The number of carbonyl (C=O) groups is 2. The van der Waals surface area contributed by atoms with Gasteiger partial charge in [-0.15, -0.1) is 0 Å². The number of fused-ring (bicyclic) bond motifs is 1. The van der Waals surface area contributed by atoms with Crippen LogP contribution in [0.4, 0.5) is 5.69 Å². The topological polar surface area (TPSA) is 90.3 Å². The first kappa shape index (κ1) is 18.3. The Morgan fingerprint density at radius 3 is 2.56 bits per heavy atom. The molecule has 0 bridgehead atoms. The van der Waals surface area contributed by atoms with Crippen molar-refractivity contribution in [3.05, 3.63) is 70.3 Å². The number of anilines is 1. The molecule has 1 amide bonds. The number of rotatable bonds is 5. The van der Waals surface area contributed by atoms with Crippen molar-refractivity contribution in [2.24, 2.45) is 0 Å². The second kappa shape index (κ2) is 7.82. The molecule has 1 N–H and O–H groups in total. The highest BCUT2D eigenvalue weighted by Gasteiger charge is 2.17. The van der Waals surface area contributed by atoms with Gasteiger partial charge in [-0.05, 0) is 44.2 Å². The third-order valence-electron chi connectivity index (χ3n) is 4.12. The van der Waals surface area contributed by atoms with Crippen molar-refractivity contribution >= 4 is 28.5 Å². The Morgan fingerprint density at radius 2 is 1.89 bits per heavy atom. The number of carbonyl (C=O) groups excluding carboxylic acids is 2. The first-order valence-corrected chi connectivity index (χ1v) is 8.60. The van der Waals surface area contributed by atoms with Crippen LogP contribution in [-0.2, 0) is 11.3 Å². The van der Waals surface area contributed by atoms with Crippen LogP contribution in [0, 0.1) is 0 Å². The van der Waals surface area contributed by atoms with E-state index in [4.69, 9.17) is 4.74 Å². The lowest BCUT2D eigenvalue weighted by molar-refractivity contribution is 0.0524. The van der Waals surface area contributed by atoms with E-state index < -0.39 is 11.4 Å². The molecule has 2 aromatic heterocycles. The average molecular weight is 365 g/mol. The number of pyridine rings is 2. The van der Waals surface area contributed by atoms with Crippen molar-refractivity contribution in [3.8, 4) is 0 Å². The van der Waals surface area contributed by atoms with Gasteiger partial charge in [0.05, 0.1) is 12.1 Å². The minimum atomic E-state index is -0.655. The van der Waals surface area contributed by atoms with Crippen LogP contribution < -0.4 is 10.7 Å². The van der Waals surface area contributed by atoms with E-state index in [-0.39, 0.29) is 18.1 Å².